The number of unbranched alkanes of at least 4 members (excludes halogenated alkanes) is 1. The van der Waals surface area contributed by atoms with Gasteiger partial charge in [0.05, 0.1) is 36.4 Å². The minimum Gasteiger partial charge on any atom is -0.494 e. The first-order valence-electron chi connectivity index (χ1n) is 11.7. The molecule has 3 aromatic rings. The maximum atomic E-state index is 12.6. The van der Waals surface area contributed by atoms with Crippen LogP contribution in [0.5, 0.6) is 23.0 Å². The van der Waals surface area contributed by atoms with E-state index in [1.807, 2.05) is 0 Å². The van der Waals surface area contributed by atoms with Gasteiger partial charge in [0.25, 0.3) is 5.69 Å². The number of esters is 3. The third-order valence-corrected chi connectivity index (χ3v) is 5.17. The van der Waals surface area contributed by atoms with Gasteiger partial charge in [0.1, 0.15) is 11.5 Å². The topological polar surface area (TPSA) is 140 Å². The van der Waals surface area contributed by atoms with Crippen molar-refractivity contribution in [3.8, 4) is 23.0 Å². The molecular weight excluding hydrogens is 510 g/mol. The summed E-state index contributed by atoms with van der Waals surface area (Å²) >= 11 is 0. The molecule has 11 nitrogen and oxygen atoms in total. The second-order valence-electron chi connectivity index (χ2n) is 7.85. The van der Waals surface area contributed by atoms with Crippen LogP contribution < -0.4 is 18.9 Å². The van der Waals surface area contributed by atoms with E-state index in [2.05, 4.69) is 6.58 Å². The van der Waals surface area contributed by atoms with Gasteiger partial charge in [-0.25, -0.2) is 14.4 Å². The summed E-state index contributed by atoms with van der Waals surface area (Å²) < 4.78 is 26.4. The van der Waals surface area contributed by atoms with Crippen molar-refractivity contribution in [3.63, 3.8) is 0 Å². The molecule has 0 radical (unpaired) electrons. The van der Waals surface area contributed by atoms with Crippen LogP contribution in [-0.4, -0.2) is 43.2 Å². The Morgan fingerprint density at radius 2 is 1.44 bits per heavy atom. The molecule has 202 valence electrons. The van der Waals surface area contributed by atoms with E-state index in [-0.39, 0.29) is 40.7 Å². The Morgan fingerprint density at radius 3 is 2.08 bits per heavy atom. The Hall–Kier alpha value is -5.19. The smallest absolute Gasteiger partial charge is 0.343 e. The van der Waals surface area contributed by atoms with E-state index in [1.165, 1.54) is 49.6 Å². The highest BCUT2D eigenvalue weighted by molar-refractivity contribution is 5.93. The number of carbonyl (C=O) groups excluding carboxylic acids is 3. The van der Waals surface area contributed by atoms with Gasteiger partial charge in [-0.2, -0.15) is 0 Å². The van der Waals surface area contributed by atoms with E-state index in [0.29, 0.717) is 25.2 Å². The molecule has 0 unspecified atom stereocenters. The zero-order chi connectivity index (χ0) is 28.2. The Balaban J connectivity index is 1.54. The summed E-state index contributed by atoms with van der Waals surface area (Å²) in [5.74, 6) is -0.940. The summed E-state index contributed by atoms with van der Waals surface area (Å²) in [6.07, 6.45) is 2.42. The Morgan fingerprint density at radius 1 is 0.821 bits per heavy atom. The summed E-state index contributed by atoms with van der Waals surface area (Å²) in [5, 5.41) is 10.8. The van der Waals surface area contributed by atoms with Crippen molar-refractivity contribution in [2.45, 2.75) is 12.8 Å². The molecule has 0 saturated heterocycles. The lowest BCUT2D eigenvalue weighted by atomic mass is 10.2. The van der Waals surface area contributed by atoms with Crippen LogP contribution in [0.4, 0.5) is 5.69 Å². The molecule has 39 heavy (non-hydrogen) atoms. The normalized spacial score (nSPS) is 10.2. The van der Waals surface area contributed by atoms with Crippen LogP contribution in [0, 0.1) is 10.1 Å². The minimum absolute atomic E-state index is 0.0897. The molecule has 0 N–H and O–H groups in total. The zero-order valence-electron chi connectivity index (χ0n) is 21.0. The molecule has 0 heterocycles. The first kappa shape index (κ1) is 28.4. The Labute approximate surface area is 223 Å². The fourth-order valence-electron chi connectivity index (χ4n) is 3.15. The molecule has 0 amide bonds. The minimum atomic E-state index is -0.728. The number of ether oxygens (including phenoxy) is 5. The maximum Gasteiger partial charge on any atom is 0.343 e. The molecule has 0 aliphatic heterocycles. The summed E-state index contributed by atoms with van der Waals surface area (Å²) in [6, 6.07) is 15.6. The highest BCUT2D eigenvalue weighted by atomic mass is 16.6. The predicted molar refractivity (Wildman–Crippen MR) is 138 cm³/mol. The van der Waals surface area contributed by atoms with Crippen molar-refractivity contribution < 1.29 is 43.0 Å². The van der Waals surface area contributed by atoms with E-state index < -0.39 is 22.8 Å². The van der Waals surface area contributed by atoms with Crippen molar-refractivity contribution in [1.82, 2.24) is 0 Å². The lowest BCUT2D eigenvalue weighted by Gasteiger charge is -2.11. The van der Waals surface area contributed by atoms with Crippen LogP contribution >= 0.6 is 0 Å². The zero-order valence-corrected chi connectivity index (χ0v) is 21.0. The number of hydrogen-bond donors (Lipinski definition) is 0. The van der Waals surface area contributed by atoms with Gasteiger partial charge in [-0.1, -0.05) is 6.58 Å². The van der Waals surface area contributed by atoms with Crippen LogP contribution in [0.3, 0.4) is 0 Å². The molecule has 0 aliphatic rings. The van der Waals surface area contributed by atoms with Crippen molar-refractivity contribution in [3.05, 3.63) is 101 Å². The van der Waals surface area contributed by atoms with Crippen molar-refractivity contribution in [2.75, 3.05) is 20.3 Å². The molecule has 0 fully saturated rings. The van der Waals surface area contributed by atoms with Gasteiger partial charge in [-0.05, 0) is 67.4 Å². The summed E-state index contributed by atoms with van der Waals surface area (Å²) in [5.41, 5.74) is 0.248. The van der Waals surface area contributed by atoms with Gasteiger partial charge < -0.3 is 23.7 Å². The molecular formula is C28H25NO10. The SMILES string of the molecule is C=CC(=O)OCCCCOc1ccc(C(=O)Oc2ccc(C(=O)Oc3ccc([N+](=O)[O-])cc3)cc2OC)cc1. The van der Waals surface area contributed by atoms with Gasteiger partial charge >= 0.3 is 17.9 Å². The van der Waals surface area contributed by atoms with E-state index in [1.54, 1.807) is 24.3 Å². The van der Waals surface area contributed by atoms with E-state index in [4.69, 9.17) is 23.7 Å². The van der Waals surface area contributed by atoms with E-state index >= 15 is 0 Å². The summed E-state index contributed by atoms with van der Waals surface area (Å²) in [4.78, 5) is 46.3. The van der Waals surface area contributed by atoms with Gasteiger partial charge in [0.2, 0.25) is 0 Å². The molecule has 0 atom stereocenters. The van der Waals surface area contributed by atoms with Crippen LogP contribution in [0.2, 0.25) is 0 Å². The lowest BCUT2D eigenvalue weighted by molar-refractivity contribution is -0.384. The lowest BCUT2D eigenvalue weighted by Crippen LogP contribution is -2.11. The second-order valence-corrected chi connectivity index (χ2v) is 7.85. The number of rotatable bonds is 13. The average molecular weight is 536 g/mol. The molecule has 0 spiro atoms. The van der Waals surface area contributed by atoms with E-state index in [9.17, 15) is 24.5 Å². The van der Waals surface area contributed by atoms with Crippen molar-refractivity contribution in [1.29, 1.82) is 0 Å². The van der Waals surface area contributed by atoms with E-state index in [0.717, 1.165) is 6.08 Å². The Bertz CT molecular complexity index is 1330. The number of non-ortho nitro benzene ring substituents is 1. The fraction of sp³-hybridized carbons (Fsp3) is 0.179. The molecule has 0 bridgehead atoms. The number of benzene rings is 3. The highest BCUT2D eigenvalue weighted by Gasteiger charge is 2.17. The van der Waals surface area contributed by atoms with Crippen LogP contribution in [0.25, 0.3) is 0 Å². The Kier molecular flexibility index (Phi) is 10.1. The van der Waals surface area contributed by atoms with Crippen LogP contribution in [-0.2, 0) is 9.53 Å². The molecule has 3 rings (SSSR count). The third-order valence-electron chi connectivity index (χ3n) is 5.17. The standard InChI is InChI=1S/C28H25NO10/c1-3-26(30)37-17-5-4-16-36-22-11-6-19(7-12-22)27(31)39-24-15-8-20(18-25(24)35-2)28(32)38-23-13-9-21(10-14-23)29(33)34/h3,6-15,18H,1,4-5,16-17H2,2H3. The van der Waals surface area contributed by atoms with Gasteiger partial charge in [-0.15, -0.1) is 0 Å². The number of methoxy groups -OCH3 is 1. The number of nitro benzene ring substituents is 1. The molecule has 0 saturated carbocycles. The van der Waals surface area contributed by atoms with Crippen molar-refractivity contribution in [2.24, 2.45) is 0 Å². The number of nitrogens with zero attached hydrogens (tertiary/aromatic N) is 1. The largest absolute Gasteiger partial charge is 0.494 e. The predicted octanol–water partition coefficient (Wildman–Crippen LogP) is 4.93. The molecule has 0 aromatic heterocycles. The first-order chi connectivity index (χ1) is 18.8. The van der Waals surface area contributed by atoms with Crippen LogP contribution in [0.1, 0.15) is 33.6 Å². The first-order valence-corrected chi connectivity index (χ1v) is 11.7. The van der Waals surface area contributed by atoms with Gasteiger partial charge in [0, 0.05) is 18.2 Å². The quantitative estimate of drug-likeness (QED) is 0.0739. The average Bonchev–Trinajstić information content (AvgIpc) is 2.95. The fourth-order valence-corrected chi connectivity index (χ4v) is 3.15. The van der Waals surface area contributed by atoms with Gasteiger partial charge in [0.15, 0.2) is 11.5 Å². The second kappa shape index (κ2) is 13.9. The number of hydrogen-bond acceptors (Lipinski definition) is 10. The maximum absolute atomic E-state index is 12.6. The molecule has 0 aliphatic carbocycles. The number of nitro groups is 1. The third kappa shape index (κ3) is 8.42. The monoisotopic (exact) mass is 535 g/mol. The van der Waals surface area contributed by atoms with Crippen LogP contribution in [0.15, 0.2) is 79.4 Å². The summed E-state index contributed by atoms with van der Waals surface area (Å²) in [7, 11) is 1.35. The highest BCUT2D eigenvalue weighted by Crippen LogP contribution is 2.30. The molecule has 11 heteroatoms. The molecule has 3 aromatic carbocycles. The van der Waals surface area contributed by atoms with Gasteiger partial charge in [-0.3, -0.25) is 10.1 Å². The number of carbonyl (C=O) groups is 3. The summed E-state index contributed by atoms with van der Waals surface area (Å²) in [6.45, 7) is 4.02. The van der Waals surface area contributed by atoms with Crippen molar-refractivity contribution >= 4 is 23.6 Å².